The summed E-state index contributed by atoms with van der Waals surface area (Å²) < 4.78 is 6.99. The molecular formula is C26H26BrNO3. The van der Waals surface area contributed by atoms with E-state index < -0.39 is 5.97 Å². The quantitative estimate of drug-likeness (QED) is 0.457. The van der Waals surface area contributed by atoms with Gasteiger partial charge in [-0.15, -0.1) is 0 Å². The summed E-state index contributed by atoms with van der Waals surface area (Å²) in [6.45, 7) is 2.08. The molecule has 3 aromatic rings. The van der Waals surface area contributed by atoms with Gasteiger partial charge in [-0.05, 0) is 66.9 Å². The molecule has 1 unspecified atom stereocenters. The minimum atomic E-state index is -0.681. The lowest BCUT2D eigenvalue weighted by molar-refractivity contribution is -0.143. The molecular weight excluding hydrogens is 454 g/mol. The predicted octanol–water partition coefficient (Wildman–Crippen LogP) is 5.91. The van der Waals surface area contributed by atoms with Gasteiger partial charge in [-0.25, -0.2) is 0 Å². The van der Waals surface area contributed by atoms with Crippen LogP contribution in [0.25, 0.3) is 0 Å². The van der Waals surface area contributed by atoms with Crippen LogP contribution in [0.5, 0.6) is 5.75 Å². The van der Waals surface area contributed by atoms with Crippen LogP contribution in [-0.2, 0) is 11.4 Å². The topological polar surface area (TPSA) is 49.8 Å². The molecule has 160 valence electrons. The summed E-state index contributed by atoms with van der Waals surface area (Å²) in [6, 6.07) is 26.9. The van der Waals surface area contributed by atoms with Crippen molar-refractivity contribution in [3.63, 3.8) is 0 Å². The van der Waals surface area contributed by atoms with Crippen molar-refractivity contribution in [3.05, 3.63) is 100 Å². The highest BCUT2D eigenvalue weighted by atomic mass is 79.9. The molecule has 4 nitrogen and oxygen atoms in total. The highest BCUT2D eigenvalue weighted by Crippen LogP contribution is 2.34. The number of carbonyl (C=O) groups is 1. The van der Waals surface area contributed by atoms with Gasteiger partial charge in [0, 0.05) is 4.47 Å². The summed E-state index contributed by atoms with van der Waals surface area (Å²) in [6.07, 6.45) is 1.36. The number of benzene rings is 3. The number of hydrogen-bond acceptors (Lipinski definition) is 3. The lowest BCUT2D eigenvalue weighted by Crippen LogP contribution is -2.39. The van der Waals surface area contributed by atoms with Gasteiger partial charge in [0.1, 0.15) is 12.4 Å². The highest BCUT2D eigenvalue weighted by molar-refractivity contribution is 9.10. The molecule has 1 aliphatic heterocycles. The van der Waals surface area contributed by atoms with Crippen LogP contribution in [0.15, 0.2) is 83.3 Å². The number of carboxylic acids is 1. The van der Waals surface area contributed by atoms with Crippen molar-refractivity contribution in [3.8, 4) is 5.75 Å². The molecule has 0 aliphatic carbocycles. The Labute approximate surface area is 191 Å². The first-order chi connectivity index (χ1) is 15.1. The number of ether oxygens (including phenoxy) is 1. The van der Waals surface area contributed by atoms with E-state index in [2.05, 4.69) is 69.4 Å². The Morgan fingerprint density at radius 1 is 0.935 bits per heavy atom. The molecule has 1 heterocycles. The van der Waals surface area contributed by atoms with Gasteiger partial charge in [0.05, 0.1) is 12.0 Å². The number of piperidine rings is 1. The first kappa shape index (κ1) is 21.6. The van der Waals surface area contributed by atoms with E-state index in [0.717, 1.165) is 28.9 Å². The van der Waals surface area contributed by atoms with E-state index >= 15 is 0 Å². The van der Waals surface area contributed by atoms with Gasteiger partial charge < -0.3 is 9.84 Å². The fourth-order valence-corrected chi connectivity index (χ4v) is 4.42. The van der Waals surface area contributed by atoms with Gasteiger partial charge in [-0.1, -0.05) is 70.5 Å². The van der Waals surface area contributed by atoms with Crippen molar-refractivity contribution in [1.29, 1.82) is 0 Å². The van der Waals surface area contributed by atoms with E-state index in [1.54, 1.807) is 0 Å². The van der Waals surface area contributed by atoms with Gasteiger partial charge in [0.25, 0.3) is 0 Å². The van der Waals surface area contributed by atoms with Crippen LogP contribution < -0.4 is 4.74 Å². The van der Waals surface area contributed by atoms with Crippen molar-refractivity contribution in [1.82, 2.24) is 4.90 Å². The Balaban J connectivity index is 1.52. The molecule has 31 heavy (non-hydrogen) atoms. The number of likely N-dealkylation sites (tertiary alicyclic amines) is 1. The summed E-state index contributed by atoms with van der Waals surface area (Å²) >= 11 is 3.52. The number of halogens is 1. The zero-order chi connectivity index (χ0) is 21.6. The summed E-state index contributed by atoms with van der Waals surface area (Å²) in [7, 11) is 0. The zero-order valence-corrected chi connectivity index (χ0v) is 18.9. The molecule has 4 rings (SSSR count). The molecule has 1 N–H and O–H groups in total. The number of aliphatic carboxylic acids is 1. The van der Waals surface area contributed by atoms with Crippen molar-refractivity contribution in [2.24, 2.45) is 5.92 Å². The SMILES string of the molecule is O=C(O)C1CCN(C(c2ccc(Br)cc2)c2ccc(OCc3ccccc3)cc2)CC1. The molecule has 1 saturated heterocycles. The lowest BCUT2D eigenvalue weighted by Gasteiger charge is -2.37. The number of rotatable bonds is 7. The average molecular weight is 480 g/mol. The minimum Gasteiger partial charge on any atom is -0.489 e. The average Bonchev–Trinajstić information content (AvgIpc) is 2.81. The normalized spacial score (nSPS) is 16.0. The summed E-state index contributed by atoms with van der Waals surface area (Å²) in [5.41, 5.74) is 3.53. The van der Waals surface area contributed by atoms with Gasteiger partial charge in [-0.2, -0.15) is 0 Å². The predicted molar refractivity (Wildman–Crippen MR) is 125 cm³/mol. The Hall–Kier alpha value is -2.63. The molecule has 0 saturated carbocycles. The van der Waals surface area contributed by atoms with Crippen LogP contribution in [0.3, 0.4) is 0 Å². The number of carboxylic acid groups (broad SMARTS) is 1. The first-order valence-electron chi connectivity index (χ1n) is 10.6. The van der Waals surface area contributed by atoms with Gasteiger partial charge in [0.15, 0.2) is 0 Å². The zero-order valence-electron chi connectivity index (χ0n) is 17.3. The Bertz CT molecular complexity index is 981. The number of hydrogen-bond donors (Lipinski definition) is 1. The third kappa shape index (κ3) is 5.54. The Morgan fingerprint density at radius 3 is 2.10 bits per heavy atom. The fraction of sp³-hybridized carbons (Fsp3) is 0.269. The molecule has 0 spiro atoms. The van der Waals surface area contributed by atoms with E-state index in [1.165, 1.54) is 11.1 Å². The molecule has 0 amide bonds. The summed E-state index contributed by atoms with van der Waals surface area (Å²) in [5.74, 6) is -0.0814. The molecule has 1 aliphatic rings. The van der Waals surface area contributed by atoms with Crippen LogP contribution in [0.2, 0.25) is 0 Å². The van der Waals surface area contributed by atoms with E-state index in [9.17, 15) is 9.90 Å². The highest BCUT2D eigenvalue weighted by Gasteiger charge is 2.30. The van der Waals surface area contributed by atoms with Crippen LogP contribution in [0, 0.1) is 5.92 Å². The van der Waals surface area contributed by atoms with Crippen molar-refractivity contribution in [2.75, 3.05) is 13.1 Å². The first-order valence-corrected chi connectivity index (χ1v) is 11.4. The van der Waals surface area contributed by atoms with Crippen molar-refractivity contribution >= 4 is 21.9 Å². The number of nitrogens with zero attached hydrogens (tertiary/aromatic N) is 1. The maximum absolute atomic E-state index is 11.4. The second-order valence-electron chi connectivity index (χ2n) is 7.95. The fourth-order valence-electron chi connectivity index (χ4n) is 4.15. The summed E-state index contributed by atoms with van der Waals surface area (Å²) in [4.78, 5) is 13.8. The van der Waals surface area contributed by atoms with Crippen LogP contribution in [-0.4, -0.2) is 29.1 Å². The van der Waals surface area contributed by atoms with E-state index in [0.29, 0.717) is 19.4 Å². The Kier molecular flexibility index (Phi) is 7.05. The van der Waals surface area contributed by atoms with Crippen molar-refractivity contribution in [2.45, 2.75) is 25.5 Å². The maximum atomic E-state index is 11.4. The molecule has 3 aromatic carbocycles. The van der Waals surface area contributed by atoms with Crippen LogP contribution >= 0.6 is 15.9 Å². The van der Waals surface area contributed by atoms with Crippen molar-refractivity contribution < 1.29 is 14.6 Å². The van der Waals surface area contributed by atoms with Crippen LogP contribution in [0.4, 0.5) is 0 Å². The summed E-state index contributed by atoms with van der Waals surface area (Å²) in [5, 5.41) is 9.35. The van der Waals surface area contributed by atoms with Gasteiger partial charge >= 0.3 is 5.97 Å². The molecule has 5 heteroatoms. The molecule has 1 atom stereocenters. The smallest absolute Gasteiger partial charge is 0.306 e. The largest absolute Gasteiger partial charge is 0.489 e. The molecule has 0 bridgehead atoms. The second-order valence-corrected chi connectivity index (χ2v) is 8.86. The molecule has 0 radical (unpaired) electrons. The lowest BCUT2D eigenvalue weighted by atomic mass is 9.91. The monoisotopic (exact) mass is 479 g/mol. The van der Waals surface area contributed by atoms with Crippen LogP contribution in [0.1, 0.15) is 35.6 Å². The van der Waals surface area contributed by atoms with E-state index in [1.807, 2.05) is 30.3 Å². The molecule has 1 fully saturated rings. The van der Waals surface area contributed by atoms with Gasteiger partial charge in [-0.3, -0.25) is 9.69 Å². The third-order valence-electron chi connectivity index (χ3n) is 5.87. The second kappa shape index (κ2) is 10.1. The van der Waals surface area contributed by atoms with E-state index in [-0.39, 0.29) is 12.0 Å². The third-order valence-corrected chi connectivity index (χ3v) is 6.40. The minimum absolute atomic E-state index is 0.0889. The van der Waals surface area contributed by atoms with Gasteiger partial charge in [0.2, 0.25) is 0 Å². The molecule has 0 aromatic heterocycles. The van der Waals surface area contributed by atoms with E-state index in [4.69, 9.17) is 4.74 Å². The standard InChI is InChI=1S/C26H26BrNO3/c27-23-10-6-20(7-11-23)25(28-16-14-22(15-17-28)26(29)30)21-8-12-24(13-9-21)31-18-19-4-2-1-3-5-19/h1-13,22,25H,14-18H2,(H,29,30). The Morgan fingerprint density at radius 2 is 1.52 bits per heavy atom. The maximum Gasteiger partial charge on any atom is 0.306 e.